The number of hydrogen-bond donors (Lipinski definition) is 1. The molecule has 0 aliphatic rings. The van der Waals surface area contributed by atoms with E-state index in [-0.39, 0.29) is 30.6 Å². The second-order valence-electron chi connectivity index (χ2n) is 4.68. The quantitative estimate of drug-likeness (QED) is 0.755. The molecule has 0 saturated heterocycles. The lowest BCUT2D eigenvalue weighted by Gasteiger charge is -2.30. The van der Waals surface area contributed by atoms with Gasteiger partial charge in [0.25, 0.3) is 0 Å². The number of carbonyl (C=O) groups excluding carboxylic acids is 1. The molecule has 7 heteroatoms. The minimum absolute atomic E-state index is 0. The van der Waals surface area contributed by atoms with Crippen LogP contribution in [0.4, 0.5) is 0 Å². The largest absolute Gasteiger partial charge is 0.340 e. The Hall–Kier alpha value is -0.330. The third kappa shape index (κ3) is 7.18. The number of rotatable bonds is 7. The maximum atomic E-state index is 12.1. The molecule has 110 valence electrons. The van der Waals surface area contributed by atoms with E-state index in [0.717, 1.165) is 6.42 Å². The Morgan fingerprint density at radius 3 is 2.17 bits per heavy atom. The van der Waals surface area contributed by atoms with Gasteiger partial charge in [0.15, 0.2) is 0 Å². The van der Waals surface area contributed by atoms with Crippen molar-refractivity contribution in [1.29, 1.82) is 0 Å². The predicted molar refractivity (Wildman–Crippen MR) is 76.7 cm³/mol. The third-order valence-corrected chi connectivity index (χ3v) is 3.58. The van der Waals surface area contributed by atoms with Gasteiger partial charge in [-0.3, -0.25) is 4.79 Å². The average molecular weight is 301 g/mol. The van der Waals surface area contributed by atoms with Crippen LogP contribution in [-0.2, 0) is 14.6 Å². The summed E-state index contributed by atoms with van der Waals surface area (Å²) in [6.45, 7) is 6.17. The van der Waals surface area contributed by atoms with Crippen LogP contribution in [0.3, 0.4) is 0 Å². The molecule has 1 atom stereocenters. The number of likely N-dealkylation sites (N-methyl/N-ethyl adjacent to an activating group) is 1. The first-order valence-corrected chi connectivity index (χ1v) is 7.96. The molecule has 0 saturated carbocycles. The topological polar surface area (TPSA) is 80.5 Å². The van der Waals surface area contributed by atoms with Crippen LogP contribution in [0.5, 0.6) is 0 Å². The highest BCUT2D eigenvalue weighted by atomic mass is 35.5. The fraction of sp³-hybridized carbons (Fsp3) is 0.909. The summed E-state index contributed by atoms with van der Waals surface area (Å²) in [5.74, 6) is -0.195. The molecule has 0 bridgehead atoms. The van der Waals surface area contributed by atoms with Crippen LogP contribution in [0.1, 0.15) is 33.6 Å². The second-order valence-corrected chi connectivity index (χ2v) is 6.94. The number of carbonyl (C=O) groups is 1. The van der Waals surface area contributed by atoms with E-state index in [9.17, 15) is 13.2 Å². The van der Waals surface area contributed by atoms with Crippen LogP contribution >= 0.6 is 12.4 Å². The summed E-state index contributed by atoms with van der Waals surface area (Å²) in [6.07, 6.45) is 2.59. The van der Waals surface area contributed by atoms with Gasteiger partial charge >= 0.3 is 0 Å². The summed E-state index contributed by atoms with van der Waals surface area (Å²) >= 11 is 0. The average Bonchev–Trinajstić information content (AvgIpc) is 2.16. The van der Waals surface area contributed by atoms with Gasteiger partial charge in [-0.1, -0.05) is 13.3 Å². The van der Waals surface area contributed by atoms with Crippen molar-refractivity contribution in [3.8, 4) is 0 Å². The monoisotopic (exact) mass is 300 g/mol. The highest BCUT2D eigenvalue weighted by Crippen LogP contribution is 2.12. The number of amides is 1. The van der Waals surface area contributed by atoms with Crippen molar-refractivity contribution in [3.63, 3.8) is 0 Å². The zero-order valence-corrected chi connectivity index (χ0v) is 13.2. The van der Waals surface area contributed by atoms with Crippen LogP contribution in [0.25, 0.3) is 0 Å². The Labute approximate surface area is 116 Å². The van der Waals surface area contributed by atoms with Gasteiger partial charge in [0, 0.05) is 19.3 Å². The summed E-state index contributed by atoms with van der Waals surface area (Å²) < 4.78 is 22.2. The summed E-state index contributed by atoms with van der Waals surface area (Å²) in [6, 6.07) is 0. The zero-order valence-electron chi connectivity index (χ0n) is 11.6. The third-order valence-electron chi connectivity index (χ3n) is 2.66. The first-order chi connectivity index (χ1) is 7.64. The van der Waals surface area contributed by atoms with Gasteiger partial charge in [-0.05, 0) is 20.3 Å². The van der Waals surface area contributed by atoms with E-state index in [1.165, 1.54) is 11.2 Å². The van der Waals surface area contributed by atoms with Gasteiger partial charge in [0.2, 0.25) is 5.91 Å². The molecule has 0 aromatic carbocycles. The molecule has 0 aliphatic carbocycles. The fourth-order valence-corrected chi connectivity index (χ4v) is 2.22. The SMILES string of the molecule is CCCC(C)(N)C(=O)N(CC)CCS(C)(=O)=O.Cl. The van der Waals surface area contributed by atoms with E-state index in [4.69, 9.17) is 5.73 Å². The van der Waals surface area contributed by atoms with Crippen molar-refractivity contribution >= 4 is 28.2 Å². The minimum atomic E-state index is -3.06. The van der Waals surface area contributed by atoms with E-state index < -0.39 is 15.4 Å². The molecule has 1 amide bonds. The highest BCUT2D eigenvalue weighted by Gasteiger charge is 2.31. The van der Waals surface area contributed by atoms with Crippen LogP contribution in [0, 0.1) is 0 Å². The van der Waals surface area contributed by atoms with Crippen LogP contribution in [0.2, 0.25) is 0 Å². The second kappa shape index (κ2) is 7.96. The molecule has 0 spiro atoms. The number of halogens is 1. The number of sulfone groups is 1. The molecule has 0 rings (SSSR count). The Morgan fingerprint density at radius 2 is 1.83 bits per heavy atom. The summed E-state index contributed by atoms with van der Waals surface area (Å²) in [5, 5.41) is 0. The molecular formula is C11H25ClN2O3S. The summed E-state index contributed by atoms with van der Waals surface area (Å²) in [7, 11) is -3.06. The van der Waals surface area contributed by atoms with E-state index in [0.29, 0.717) is 13.0 Å². The van der Waals surface area contributed by atoms with Gasteiger partial charge in [-0.25, -0.2) is 8.42 Å². The smallest absolute Gasteiger partial charge is 0.242 e. The maximum absolute atomic E-state index is 12.1. The molecule has 0 radical (unpaired) electrons. The first kappa shape index (κ1) is 20.0. The van der Waals surface area contributed by atoms with Crippen LogP contribution in [0.15, 0.2) is 0 Å². The van der Waals surface area contributed by atoms with Gasteiger partial charge in [-0.15, -0.1) is 12.4 Å². The van der Waals surface area contributed by atoms with Crippen molar-refractivity contribution < 1.29 is 13.2 Å². The van der Waals surface area contributed by atoms with E-state index >= 15 is 0 Å². The summed E-state index contributed by atoms with van der Waals surface area (Å²) in [4.78, 5) is 13.6. The van der Waals surface area contributed by atoms with E-state index in [1.807, 2.05) is 13.8 Å². The van der Waals surface area contributed by atoms with Gasteiger partial charge in [-0.2, -0.15) is 0 Å². The normalized spacial score (nSPS) is 14.5. The van der Waals surface area contributed by atoms with Gasteiger partial charge < -0.3 is 10.6 Å². The first-order valence-electron chi connectivity index (χ1n) is 5.90. The lowest BCUT2D eigenvalue weighted by molar-refractivity contribution is -0.136. The van der Waals surface area contributed by atoms with Crippen molar-refractivity contribution in [3.05, 3.63) is 0 Å². The molecule has 0 aliphatic heterocycles. The fourth-order valence-electron chi connectivity index (χ4n) is 1.67. The minimum Gasteiger partial charge on any atom is -0.340 e. The van der Waals surface area contributed by atoms with Crippen molar-refractivity contribution in [2.24, 2.45) is 5.73 Å². The van der Waals surface area contributed by atoms with E-state index in [2.05, 4.69) is 0 Å². The molecule has 0 aromatic rings. The van der Waals surface area contributed by atoms with Crippen LogP contribution < -0.4 is 5.73 Å². The number of nitrogens with zero attached hydrogens (tertiary/aromatic N) is 1. The highest BCUT2D eigenvalue weighted by molar-refractivity contribution is 7.90. The predicted octanol–water partition coefficient (Wildman–Crippen LogP) is 0.819. The molecule has 5 nitrogen and oxygen atoms in total. The van der Waals surface area contributed by atoms with Crippen LogP contribution in [-0.4, -0.2) is 49.9 Å². The van der Waals surface area contributed by atoms with Gasteiger partial charge in [0.1, 0.15) is 9.84 Å². The summed E-state index contributed by atoms with van der Waals surface area (Å²) in [5.41, 5.74) is 5.05. The standard InChI is InChI=1S/C11H24N2O3S.ClH/c1-5-7-11(3,12)10(14)13(6-2)8-9-17(4,15)16;/h5-9,12H2,1-4H3;1H. The Bertz CT molecular complexity index is 355. The molecule has 0 fully saturated rings. The molecule has 0 heterocycles. The molecule has 18 heavy (non-hydrogen) atoms. The van der Waals surface area contributed by atoms with Crippen molar-refractivity contribution in [2.75, 3.05) is 25.1 Å². The Morgan fingerprint density at radius 1 is 1.33 bits per heavy atom. The molecule has 1 unspecified atom stereocenters. The Balaban J connectivity index is 0. The number of hydrogen-bond acceptors (Lipinski definition) is 4. The molecular weight excluding hydrogens is 276 g/mol. The molecule has 2 N–H and O–H groups in total. The lowest BCUT2D eigenvalue weighted by Crippen LogP contribution is -2.54. The number of nitrogens with two attached hydrogens (primary N) is 1. The molecule has 0 aromatic heterocycles. The maximum Gasteiger partial charge on any atom is 0.242 e. The van der Waals surface area contributed by atoms with Crippen molar-refractivity contribution in [1.82, 2.24) is 4.90 Å². The zero-order chi connectivity index (χ0) is 13.7. The van der Waals surface area contributed by atoms with Gasteiger partial charge in [0.05, 0.1) is 11.3 Å². The van der Waals surface area contributed by atoms with E-state index in [1.54, 1.807) is 6.92 Å². The Kier molecular flexibility index (Phi) is 8.85. The lowest BCUT2D eigenvalue weighted by atomic mass is 9.96. The van der Waals surface area contributed by atoms with Crippen molar-refractivity contribution in [2.45, 2.75) is 39.2 Å².